The van der Waals surface area contributed by atoms with Gasteiger partial charge in [-0.15, -0.1) is 32.9 Å². The number of thiazole rings is 1. The van der Waals surface area contributed by atoms with Crippen molar-refractivity contribution in [2.75, 3.05) is 47.4 Å². The normalized spacial score (nSPS) is 14.7. The predicted molar refractivity (Wildman–Crippen MR) is 230 cm³/mol. The predicted octanol–water partition coefficient (Wildman–Crippen LogP) is 6.26. The molecule has 18 heteroatoms. The van der Waals surface area contributed by atoms with Crippen molar-refractivity contribution in [2.45, 2.75) is 39.8 Å². The van der Waals surface area contributed by atoms with Crippen LogP contribution < -0.4 is 31.9 Å². The lowest BCUT2D eigenvalue weighted by Crippen LogP contribution is -2.59. The van der Waals surface area contributed by atoms with Crippen LogP contribution >= 0.6 is 34.0 Å². The average molecular weight is 829 g/mol. The highest BCUT2D eigenvalue weighted by Crippen LogP contribution is 2.39. The number of thiophene rings is 2. The van der Waals surface area contributed by atoms with E-state index in [1.807, 2.05) is 63.1 Å². The summed E-state index contributed by atoms with van der Waals surface area (Å²) in [4.78, 5) is 43.5. The van der Waals surface area contributed by atoms with Crippen LogP contribution in [0.15, 0.2) is 53.1 Å². The molecule has 2 aromatic carbocycles. The van der Waals surface area contributed by atoms with Crippen LogP contribution in [0.25, 0.3) is 53.1 Å². The van der Waals surface area contributed by atoms with Crippen molar-refractivity contribution in [1.82, 2.24) is 41.0 Å². The molecule has 0 bridgehead atoms. The molecule has 6 aromatic heterocycles. The number of nitrogens with one attached hydrogen (secondary N) is 2. The summed E-state index contributed by atoms with van der Waals surface area (Å²) in [6.45, 7) is 10.1. The van der Waals surface area contributed by atoms with E-state index in [1.54, 1.807) is 11.3 Å². The molecule has 0 unspecified atom stereocenters. The van der Waals surface area contributed by atoms with Crippen molar-refractivity contribution in [1.29, 1.82) is 0 Å². The van der Waals surface area contributed by atoms with Gasteiger partial charge in [0.15, 0.2) is 10.7 Å². The van der Waals surface area contributed by atoms with E-state index in [4.69, 9.17) is 25.9 Å². The Morgan fingerprint density at radius 2 is 1.31 bits per heavy atom. The number of aryl methyl sites for hydroxylation is 4. The van der Waals surface area contributed by atoms with Gasteiger partial charge < -0.3 is 36.3 Å². The van der Waals surface area contributed by atoms with E-state index in [9.17, 15) is 9.59 Å². The molecule has 2 amide bonds. The fraction of sp³-hybridized carbons (Fsp3) is 0.250. The summed E-state index contributed by atoms with van der Waals surface area (Å²) in [5.41, 5.74) is 21.6. The maximum Gasteiger partial charge on any atom is 0.298 e. The molecule has 8 aromatic rings. The number of rotatable bonds is 8. The molecule has 0 saturated carbocycles. The van der Waals surface area contributed by atoms with E-state index in [0.717, 1.165) is 65.5 Å². The number of carbonyl (C=O) groups excluding carboxylic acids is 2. The van der Waals surface area contributed by atoms with E-state index in [-0.39, 0.29) is 23.9 Å². The number of oxazole rings is 1. The molecule has 292 valence electrons. The molecule has 0 aliphatic carbocycles. The van der Waals surface area contributed by atoms with E-state index < -0.39 is 0 Å². The van der Waals surface area contributed by atoms with Crippen molar-refractivity contribution in [3.63, 3.8) is 0 Å². The summed E-state index contributed by atoms with van der Waals surface area (Å²) in [6.07, 6.45) is 1.90. The molecule has 0 atom stereocenters. The third-order valence-corrected chi connectivity index (χ3v) is 14.3. The maximum atomic E-state index is 13.2. The number of fused-ring (bicyclic) bond motifs is 3. The first kappa shape index (κ1) is 36.1. The summed E-state index contributed by atoms with van der Waals surface area (Å²) in [6, 6.07) is 14.7. The van der Waals surface area contributed by atoms with E-state index in [1.165, 1.54) is 22.7 Å². The number of aromatic nitrogens is 6. The minimum atomic E-state index is -0.219. The Morgan fingerprint density at radius 3 is 1.93 bits per heavy atom. The van der Waals surface area contributed by atoms with Gasteiger partial charge in [-0.1, -0.05) is 41.7 Å². The number of carbonyl (C=O) groups is 2. The van der Waals surface area contributed by atoms with Crippen molar-refractivity contribution in [3.8, 4) is 21.6 Å². The molecule has 2 aliphatic heterocycles. The first-order valence-electron chi connectivity index (χ1n) is 18.6. The number of nitrogens with two attached hydrogens (primary N) is 2. The van der Waals surface area contributed by atoms with Crippen LogP contribution in [-0.2, 0) is 0 Å². The lowest BCUT2D eigenvalue weighted by Gasteiger charge is -2.39. The Bertz CT molecular complexity index is 2980. The van der Waals surface area contributed by atoms with Crippen LogP contribution in [0.3, 0.4) is 0 Å². The lowest BCUT2D eigenvalue weighted by atomic mass is 10.0. The average Bonchev–Trinajstić information content (AvgIpc) is 3.98. The fourth-order valence-electron chi connectivity index (χ4n) is 7.46. The molecule has 2 saturated heterocycles. The van der Waals surface area contributed by atoms with Gasteiger partial charge >= 0.3 is 0 Å². The highest BCUT2D eigenvalue weighted by Gasteiger charge is 2.34. The zero-order chi connectivity index (χ0) is 40.0. The second-order valence-electron chi connectivity index (χ2n) is 14.8. The van der Waals surface area contributed by atoms with Gasteiger partial charge in [-0.2, -0.15) is 15.2 Å². The van der Waals surface area contributed by atoms with Crippen LogP contribution in [0.1, 0.15) is 41.9 Å². The summed E-state index contributed by atoms with van der Waals surface area (Å²) >= 11 is 4.15. The third kappa shape index (κ3) is 5.97. The highest BCUT2D eigenvalue weighted by atomic mass is 32.1. The SMILES string of the molecule is Cc1nnc2sc(C(=O)NC3CN(c4nc5c(-c6cccc(-c7cnc(N8CC(NC(=O)c9sc%10nnc(C)c(C)c%10c9N)C8)s7)c6)cccc5o4)C3)c(N)c2c1C. The first-order chi connectivity index (χ1) is 28.0. The Labute approximate surface area is 343 Å². The van der Waals surface area contributed by atoms with Crippen molar-refractivity contribution < 1.29 is 14.0 Å². The van der Waals surface area contributed by atoms with Gasteiger partial charge in [0.2, 0.25) is 0 Å². The minimum absolute atomic E-state index is 0.0217. The Kier molecular flexibility index (Phi) is 8.54. The first-order valence-corrected chi connectivity index (χ1v) is 21.1. The van der Waals surface area contributed by atoms with E-state index >= 15 is 0 Å². The maximum absolute atomic E-state index is 13.2. The van der Waals surface area contributed by atoms with Gasteiger partial charge in [0.1, 0.15) is 24.9 Å². The molecule has 58 heavy (non-hydrogen) atoms. The zero-order valence-electron chi connectivity index (χ0n) is 31.8. The Balaban J connectivity index is 0.787. The standard InChI is InChI=1S/C40H36N12O3S3/c1-17-19(3)47-49-37-28(17)30(41)33(57-37)35(53)44-23-13-51(14-23)39-46-32-25(9-6-10-26(32)55-39)21-7-5-8-22(11-21)27-12-43-40(56-27)52-15-24(16-52)45-36(54)34-31(42)29-18(2)20(4)48-50-38(29)58-34/h5-12,23-24H,13-16,41-42H2,1-4H3,(H,44,53)(H,45,54). The summed E-state index contributed by atoms with van der Waals surface area (Å²) < 4.78 is 6.22. The smallest absolute Gasteiger partial charge is 0.298 e. The van der Waals surface area contributed by atoms with E-state index in [0.29, 0.717) is 68.6 Å². The zero-order valence-corrected chi connectivity index (χ0v) is 34.2. The number of nitrogens with zero attached hydrogens (tertiary/aromatic N) is 8. The van der Waals surface area contributed by atoms with Crippen LogP contribution in [0.5, 0.6) is 0 Å². The van der Waals surface area contributed by atoms with Crippen LogP contribution in [0.4, 0.5) is 22.5 Å². The summed E-state index contributed by atoms with van der Waals surface area (Å²) in [5.74, 6) is -0.411. The number of anilines is 4. The summed E-state index contributed by atoms with van der Waals surface area (Å²) in [7, 11) is 0. The molecule has 2 fully saturated rings. The van der Waals surface area contributed by atoms with Crippen LogP contribution in [-0.4, -0.2) is 80.4 Å². The van der Waals surface area contributed by atoms with Gasteiger partial charge in [0.25, 0.3) is 17.8 Å². The second-order valence-corrected chi connectivity index (χ2v) is 17.8. The van der Waals surface area contributed by atoms with Gasteiger partial charge in [-0.25, -0.2) is 4.98 Å². The largest absolute Gasteiger partial charge is 0.423 e. The Hall–Kier alpha value is -6.24. The number of hydrogen-bond acceptors (Lipinski definition) is 16. The number of para-hydroxylation sites is 1. The number of nitrogen functional groups attached to an aromatic ring is 2. The summed E-state index contributed by atoms with van der Waals surface area (Å²) in [5, 5.41) is 25.6. The molecular formula is C40H36N12O3S3. The van der Waals surface area contributed by atoms with Gasteiger partial charge in [0, 0.05) is 48.7 Å². The van der Waals surface area contributed by atoms with Crippen molar-refractivity contribution in [2.24, 2.45) is 0 Å². The topological polar surface area (TPSA) is 207 Å². The van der Waals surface area contributed by atoms with Gasteiger partial charge in [-0.05, 0) is 62.1 Å². The fourth-order valence-corrected chi connectivity index (χ4v) is 10.4. The van der Waals surface area contributed by atoms with Crippen LogP contribution in [0, 0.1) is 27.7 Å². The number of amides is 2. The molecule has 6 N–H and O–H groups in total. The molecular weight excluding hydrogens is 793 g/mol. The minimum Gasteiger partial charge on any atom is -0.423 e. The van der Waals surface area contributed by atoms with Crippen molar-refractivity contribution >= 4 is 99.9 Å². The van der Waals surface area contributed by atoms with Gasteiger partial charge in [0.05, 0.1) is 39.7 Å². The monoisotopic (exact) mass is 828 g/mol. The number of hydrogen-bond donors (Lipinski definition) is 4. The molecule has 8 heterocycles. The molecule has 0 spiro atoms. The molecule has 15 nitrogen and oxygen atoms in total. The van der Waals surface area contributed by atoms with Crippen molar-refractivity contribution in [3.05, 3.63) is 80.9 Å². The molecule has 0 radical (unpaired) electrons. The lowest BCUT2D eigenvalue weighted by molar-refractivity contribution is 0.0926. The van der Waals surface area contributed by atoms with Gasteiger partial charge in [-0.3, -0.25) is 9.59 Å². The number of benzene rings is 2. The van der Waals surface area contributed by atoms with E-state index in [2.05, 4.69) is 54.1 Å². The highest BCUT2D eigenvalue weighted by molar-refractivity contribution is 7.21. The quantitative estimate of drug-likeness (QED) is 0.134. The Morgan fingerprint density at radius 1 is 0.741 bits per heavy atom. The molecule has 10 rings (SSSR count). The second kappa shape index (κ2) is 13.7. The molecule has 2 aliphatic rings. The van der Waals surface area contributed by atoms with Crippen LogP contribution in [0.2, 0.25) is 0 Å². The third-order valence-electron chi connectivity index (χ3n) is 11.0.